The van der Waals surface area contributed by atoms with Gasteiger partial charge in [-0.2, -0.15) is 0 Å². The first-order valence-electron chi connectivity index (χ1n) is 11.1. The van der Waals surface area contributed by atoms with Gasteiger partial charge in [-0.3, -0.25) is 14.4 Å². The van der Waals surface area contributed by atoms with Crippen molar-refractivity contribution in [3.63, 3.8) is 0 Å². The first kappa shape index (κ1) is 23.6. The van der Waals surface area contributed by atoms with E-state index in [1.165, 1.54) is 19.1 Å². The van der Waals surface area contributed by atoms with Crippen LogP contribution in [0.25, 0.3) is 0 Å². The number of hydrogen-bond acceptors (Lipinski definition) is 7. The largest absolute Gasteiger partial charge is 0.458 e. The predicted molar refractivity (Wildman–Crippen MR) is 116 cm³/mol. The fourth-order valence-electron chi connectivity index (χ4n) is 7.41. The third-order valence-corrected chi connectivity index (χ3v) is 9.96. The standard InChI is InChI=1S/C24H31ClO7/c1-12-7-16-20-17(28)9-14-8-15(27)5-6-21(14,3)23(20,25)18(29)10-22(16,4)24(12,31)19(30)11-32-13(2)26/h5-6,8,12,16-18,20,28-29,31H,7,9-11H2,1-4H3/t12-,16+,17+,18+,20-,21+,22+,23-,24+/m1/s1. The van der Waals surface area contributed by atoms with Gasteiger partial charge in [0.25, 0.3) is 0 Å². The lowest BCUT2D eigenvalue weighted by Crippen LogP contribution is -2.71. The number of aliphatic hydroxyl groups is 3. The van der Waals surface area contributed by atoms with E-state index in [-0.39, 0.29) is 24.5 Å². The minimum Gasteiger partial charge on any atom is -0.458 e. The van der Waals surface area contributed by atoms with Gasteiger partial charge in [-0.15, -0.1) is 11.6 Å². The van der Waals surface area contributed by atoms with Crippen molar-refractivity contribution in [1.29, 1.82) is 0 Å². The zero-order chi connectivity index (χ0) is 23.9. The topological polar surface area (TPSA) is 121 Å². The van der Waals surface area contributed by atoms with Crippen LogP contribution in [0.4, 0.5) is 0 Å². The number of alkyl halides is 1. The van der Waals surface area contributed by atoms with Crippen molar-refractivity contribution >= 4 is 29.1 Å². The van der Waals surface area contributed by atoms with Crippen molar-refractivity contribution in [2.75, 3.05) is 6.61 Å². The molecule has 7 nitrogen and oxygen atoms in total. The summed E-state index contributed by atoms with van der Waals surface area (Å²) in [7, 11) is 0. The first-order chi connectivity index (χ1) is 14.7. The van der Waals surface area contributed by atoms with Crippen molar-refractivity contribution in [2.24, 2.45) is 28.6 Å². The molecule has 0 aromatic carbocycles. The van der Waals surface area contributed by atoms with Gasteiger partial charge < -0.3 is 20.1 Å². The number of carbonyl (C=O) groups is 3. The fraction of sp³-hybridized carbons (Fsp3) is 0.708. The molecule has 176 valence electrons. The Bertz CT molecular complexity index is 943. The summed E-state index contributed by atoms with van der Waals surface area (Å²) in [6.45, 7) is 6.03. The number of esters is 1. The Labute approximate surface area is 192 Å². The highest BCUT2D eigenvalue weighted by Crippen LogP contribution is 2.71. The molecule has 3 fully saturated rings. The zero-order valence-corrected chi connectivity index (χ0v) is 19.6. The molecule has 4 rings (SSSR count). The molecule has 32 heavy (non-hydrogen) atoms. The molecule has 4 aliphatic carbocycles. The Kier molecular flexibility index (Phi) is 5.33. The van der Waals surface area contributed by atoms with Crippen molar-refractivity contribution in [3.05, 3.63) is 23.8 Å². The van der Waals surface area contributed by atoms with Crippen LogP contribution in [0.15, 0.2) is 23.8 Å². The van der Waals surface area contributed by atoms with Gasteiger partial charge in [0.15, 0.2) is 12.4 Å². The molecular weight excluding hydrogens is 436 g/mol. The Morgan fingerprint density at radius 1 is 1.28 bits per heavy atom. The second-order valence-corrected chi connectivity index (χ2v) is 11.1. The highest BCUT2D eigenvalue weighted by Gasteiger charge is 2.76. The van der Waals surface area contributed by atoms with Gasteiger partial charge in [0.2, 0.25) is 5.78 Å². The highest BCUT2D eigenvalue weighted by molar-refractivity contribution is 6.26. The van der Waals surface area contributed by atoms with Crippen LogP contribution in [0.5, 0.6) is 0 Å². The molecule has 9 atom stereocenters. The average molecular weight is 467 g/mol. The van der Waals surface area contributed by atoms with Crippen molar-refractivity contribution < 1.29 is 34.4 Å². The van der Waals surface area contributed by atoms with Crippen LogP contribution >= 0.6 is 11.6 Å². The maximum Gasteiger partial charge on any atom is 0.303 e. The van der Waals surface area contributed by atoms with Crippen LogP contribution < -0.4 is 0 Å². The molecule has 0 amide bonds. The molecule has 8 heteroatoms. The van der Waals surface area contributed by atoms with Gasteiger partial charge >= 0.3 is 5.97 Å². The third kappa shape index (κ3) is 2.74. The van der Waals surface area contributed by atoms with Gasteiger partial charge in [-0.05, 0) is 43.3 Å². The third-order valence-electron chi connectivity index (χ3n) is 9.07. The molecule has 0 aromatic rings. The Hall–Kier alpha value is -1.54. The summed E-state index contributed by atoms with van der Waals surface area (Å²) in [5.74, 6) is -2.91. The zero-order valence-electron chi connectivity index (χ0n) is 18.8. The molecule has 0 spiro atoms. The normalized spacial score (nSPS) is 49.6. The summed E-state index contributed by atoms with van der Waals surface area (Å²) in [6, 6.07) is 0. The van der Waals surface area contributed by atoms with Gasteiger partial charge in [0.05, 0.1) is 17.1 Å². The molecular formula is C24H31ClO7. The van der Waals surface area contributed by atoms with Gasteiger partial charge in [0.1, 0.15) is 5.60 Å². The molecule has 0 aromatic heterocycles. The number of carbonyl (C=O) groups excluding carboxylic acids is 3. The van der Waals surface area contributed by atoms with Crippen molar-refractivity contribution in [3.8, 4) is 0 Å². The van der Waals surface area contributed by atoms with E-state index in [0.29, 0.717) is 12.0 Å². The van der Waals surface area contributed by atoms with Crippen LogP contribution in [0.1, 0.15) is 47.0 Å². The second-order valence-electron chi connectivity index (χ2n) is 10.5. The molecule has 0 unspecified atom stereocenters. The van der Waals surface area contributed by atoms with Gasteiger partial charge in [-0.25, -0.2) is 0 Å². The second kappa shape index (κ2) is 7.23. The maximum atomic E-state index is 13.1. The number of fused-ring (bicyclic) bond motifs is 5. The lowest BCUT2D eigenvalue weighted by molar-refractivity contribution is -0.190. The number of hydrogen-bond donors (Lipinski definition) is 3. The summed E-state index contributed by atoms with van der Waals surface area (Å²) in [5.41, 5.74) is -3.11. The van der Waals surface area contributed by atoms with E-state index < -0.39 is 63.7 Å². The molecule has 0 heterocycles. The van der Waals surface area contributed by atoms with E-state index in [2.05, 4.69) is 0 Å². The summed E-state index contributed by atoms with van der Waals surface area (Å²) in [4.78, 5) is 35.1. The van der Waals surface area contributed by atoms with E-state index in [4.69, 9.17) is 16.3 Å². The van der Waals surface area contributed by atoms with Crippen LogP contribution in [-0.2, 0) is 19.1 Å². The molecule has 4 aliphatic rings. The van der Waals surface area contributed by atoms with Gasteiger partial charge in [0, 0.05) is 23.7 Å². The molecule has 0 bridgehead atoms. The number of aliphatic hydroxyl groups excluding tert-OH is 2. The van der Waals surface area contributed by atoms with Crippen LogP contribution in [0.3, 0.4) is 0 Å². The minimum atomic E-state index is -1.85. The highest BCUT2D eigenvalue weighted by atomic mass is 35.5. The Balaban J connectivity index is 1.80. The fourth-order valence-corrected chi connectivity index (χ4v) is 7.96. The van der Waals surface area contributed by atoms with Crippen molar-refractivity contribution in [1.82, 2.24) is 0 Å². The summed E-state index contributed by atoms with van der Waals surface area (Å²) >= 11 is 7.29. The number of allylic oxidation sites excluding steroid dienone is 3. The Morgan fingerprint density at radius 3 is 2.56 bits per heavy atom. The van der Waals surface area contributed by atoms with Crippen LogP contribution in [0, 0.1) is 28.6 Å². The van der Waals surface area contributed by atoms with Crippen LogP contribution in [-0.4, -0.2) is 62.1 Å². The number of Topliss-reactive ketones (excluding diaryl/α,β-unsaturated/α-hetero) is 1. The number of rotatable bonds is 3. The SMILES string of the molecule is CC(=O)OCC(=O)[C@@]1(O)[C@H](C)C[C@H]2[C@@H]3[C@@H](O)CC4=CC(=O)C=C[C@]4(C)[C@@]3(Cl)[C@@H](O)C[C@@]21C. The lowest BCUT2D eigenvalue weighted by Gasteiger charge is -2.64. The average Bonchev–Trinajstić information content (AvgIpc) is 2.89. The molecule has 3 saturated carbocycles. The smallest absolute Gasteiger partial charge is 0.303 e. The summed E-state index contributed by atoms with van der Waals surface area (Å²) in [5, 5.41) is 34.5. The monoisotopic (exact) mass is 466 g/mol. The minimum absolute atomic E-state index is 0.0295. The summed E-state index contributed by atoms with van der Waals surface area (Å²) in [6.07, 6.45) is 3.19. The van der Waals surface area contributed by atoms with Gasteiger partial charge in [-0.1, -0.05) is 32.4 Å². The van der Waals surface area contributed by atoms with Crippen LogP contribution in [0.2, 0.25) is 0 Å². The number of halogens is 1. The van der Waals surface area contributed by atoms with Crippen molar-refractivity contribution in [2.45, 2.75) is 69.6 Å². The van der Waals surface area contributed by atoms with E-state index >= 15 is 0 Å². The molecule has 0 aliphatic heterocycles. The lowest BCUT2D eigenvalue weighted by atomic mass is 9.45. The quantitative estimate of drug-likeness (QED) is 0.427. The number of ketones is 2. The molecule has 0 radical (unpaired) electrons. The summed E-state index contributed by atoms with van der Waals surface area (Å²) < 4.78 is 4.89. The van der Waals surface area contributed by atoms with E-state index in [0.717, 1.165) is 0 Å². The van der Waals surface area contributed by atoms with E-state index in [1.807, 2.05) is 6.92 Å². The first-order valence-corrected chi connectivity index (χ1v) is 11.5. The molecule has 3 N–H and O–H groups in total. The van der Waals surface area contributed by atoms with E-state index in [1.54, 1.807) is 19.9 Å². The Morgan fingerprint density at radius 2 is 1.94 bits per heavy atom. The maximum absolute atomic E-state index is 13.1. The number of ether oxygens (including phenoxy) is 1. The predicted octanol–water partition coefficient (Wildman–Crippen LogP) is 1.71. The van der Waals surface area contributed by atoms with E-state index in [9.17, 15) is 29.7 Å². The molecule has 0 saturated heterocycles.